The summed E-state index contributed by atoms with van der Waals surface area (Å²) in [6.07, 6.45) is 9.35. The normalized spacial score (nSPS) is 38.6. The molecule has 1 saturated carbocycles. The summed E-state index contributed by atoms with van der Waals surface area (Å²) in [4.78, 5) is 2.71. The summed E-state index contributed by atoms with van der Waals surface area (Å²) in [5, 5.41) is 0. The van der Waals surface area contributed by atoms with E-state index in [9.17, 15) is 0 Å². The van der Waals surface area contributed by atoms with E-state index < -0.39 is 0 Å². The molecule has 0 radical (unpaired) electrons. The van der Waals surface area contributed by atoms with Crippen molar-refractivity contribution in [2.24, 2.45) is 11.7 Å². The molecular weight excluding hydrogens is 196 g/mol. The predicted octanol–water partition coefficient (Wildman–Crippen LogP) is 2.65. The minimum absolute atomic E-state index is 0.443. The Balaban J connectivity index is 1.91. The van der Waals surface area contributed by atoms with Crippen molar-refractivity contribution in [3.63, 3.8) is 0 Å². The maximum Gasteiger partial charge on any atom is 0.0352 e. The van der Waals surface area contributed by atoms with Crippen LogP contribution in [0.25, 0.3) is 0 Å². The van der Waals surface area contributed by atoms with E-state index in [4.69, 9.17) is 5.73 Å². The molecule has 0 saturated heterocycles. The monoisotopic (exact) mass is 220 g/mol. The number of nitrogens with zero attached hydrogens (tertiary/aromatic N) is 1. The van der Waals surface area contributed by atoms with Crippen molar-refractivity contribution >= 4 is 0 Å². The predicted molar refractivity (Wildman–Crippen MR) is 67.0 cm³/mol. The van der Waals surface area contributed by atoms with Crippen LogP contribution >= 0.6 is 0 Å². The Morgan fingerprint density at radius 2 is 2.06 bits per heavy atom. The molecule has 2 aliphatic carbocycles. The third-order valence-corrected chi connectivity index (χ3v) is 4.87. The molecule has 16 heavy (non-hydrogen) atoms. The summed E-state index contributed by atoms with van der Waals surface area (Å²) in [6, 6.07) is 1.28. The van der Waals surface area contributed by atoms with Gasteiger partial charge in [-0.25, -0.2) is 0 Å². The molecule has 3 aliphatic rings. The van der Waals surface area contributed by atoms with Gasteiger partial charge in [0.05, 0.1) is 0 Å². The summed E-state index contributed by atoms with van der Waals surface area (Å²) >= 11 is 0. The van der Waals surface area contributed by atoms with Crippen LogP contribution in [0.1, 0.15) is 51.9 Å². The van der Waals surface area contributed by atoms with Crippen LogP contribution in [0.5, 0.6) is 0 Å². The van der Waals surface area contributed by atoms with Gasteiger partial charge in [-0.2, -0.15) is 0 Å². The second kappa shape index (κ2) is 4.06. The Bertz CT molecular complexity index is 308. The minimum Gasteiger partial charge on any atom is -0.372 e. The van der Waals surface area contributed by atoms with Crippen molar-refractivity contribution in [3.8, 4) is 0 Å². The van der Waals surface area contributed by atoms with Gasteiger partial charge >= 0.3 is 0 Å². The molecule has 2 N–H and O–H groups in total. The molecule has 0 bridgehead atoms. The van der Waals surface area contributed by atoms with Crippen molar-refractivity contribution < 1.29 is 0 Å². The lowest BCUT2D eigenvalue weighted by Crippen LogP contribution is -2.35. The van der Waals surface area contributed by atoms with Crippen molar-refractivity contribution in [2.75, 3.05) is 6.54 Å². The van der Waals surface area contributed by atoms with Gasteiger partial charge in [0.2, 0.25) is 0 Å². The van der Waals surface area contributed by atoms with Gasteiger partial charge in [-0.15, -0.1) is 0 Å². The fourth-order valence-corrected chi connectivity index (χ4v) is 4.19. The smallest absolute Gasteiger partial charge is 0.0352 e. The fraction of sp³-hybridized carbons (Fsp3) is 0.857. The summed E-state index contributed by atoms with van der Waals surface area (Å²) in [5.74, 6) is 0.870. The molecule has 1 heterocycles. The highest BCUT2D eigenvalue weighted by Gasteiger charge is 2.42. The van der Waals surface area contributed by atoms with E-state index in [0.717, 1.165) is 12.0 Å². The second-order valence-electron chi connectivity index (χ2n) is 5.72. The zero-order valence-electron chi connectivity index (χ0n) is 10.4. The Kier molecular flexibility index (Phi) is 2.70. The zero-order valence-corrected chi connectivity index (χ0v) is 10.4. The number of allylic oxidation sites excluding steroid dienone is 1. The average molecular weight is 220 g/mol. The average Bonchev–Trinajstić information content (AvgIpc) is 2.62. The van der Waals surface area contributed by atoms with Crippen LogP contribution in [0.15, 0.2) is 11.3 Å². The molecule has 90 valence electrons. The van der Waals surface area contributed by atoms with E-state index in [-0.39, 0.29) is 0 Å². The van der Waals surface area contributed by atoms with Gasteiger partial charge in [-0.05, 0) is 44.6 Å². The molecule has 2 nitrogen and oxygen atoms in total. The summed E-state index contributed by atoms with van der Waals surface area (Å²) in [6.45, 7) is 3.52. The number of hydrogen-bond donors (Lipinski definition) is 1. The summed E-state index contributed by atoms with van der Waals surface area (Å²) in [7, 11) is 0. The highest BCUT2D eigenvalue weighted by atomic mass is 15.2. The molecular formula is C14H24N2. The molecule has 0 amide bonds. The first-order valence-electron chi connectivity index (χ1n) is 7.05. The number of hydrogen-bond acceptors (Lipinski definition) is 2. The quantitative estimate of drug-likeness (QED) is 0.736. The standard InChI is InChI=1S/C14H24N2/c1-2-16-13-6-4-3-5-11(13)12-9-10(15)7-8-14(12)16/h10-11,13H,2-9,15H2,1H3. The van der Waals surface area contributed by atoms with E-state index >= 15 is 0 Å². The second-order valence-corrected chi connectivity index (χ2v) is 5.72. The first-order chi connectivity index (χ1) is 7.81. The lowest BCUT2D eigenvalue weighted by Gasteiger charge is -2.34. The maximum absolute atomic E-state index is 6.15. The minimum atomic E-state index is 0.443. The van der Waals surface area contributed by atoms with Crippen LogP contribution in [0.4, 0.5) is 0 Å². The van der Waals surface area contributed by atoms with Crippen molar-refractivity contribution in [2.45, 2.75) is 64.0 Å². The van der Waals surface area contributed by atoms with Crippen molar-refractivity contribution in [1.29, 1.82) is 0 Å². The topological polar surface area (TPSA) is 29.3 Å². The molecule has 0 aromatic rings. The van der Waals surface area contributed by atoms with Crippen LogP contribution in [0.2, 0.25) is 0 Å². The fourth-order valence-electron chi connectivity index (χ4n) is 4.19. The largest absolute Gasteiger partial charge is 0.372 e. The Hall–Kier alpha value is -0.500. The summed E-state index contributed by atoms with van der Waals surface area (Å²) in [5.41, 5.74) is 9.60. The number of nitrogens with two attached hydrogens (primary N) is 1. The molecule has 3 rings (SSSR count). The first kappa shape index (κ1) is 10.6. The Morgan fingerprint density at radius 1 is 1.25 bits per heavy atom. The molecule has 3 atom stereocenters. The van der Waals surface area contributed by atoms with Gasteiger partial charge in [-0.3, -0.25) is 0 Å². The maximum atomic E-state index is 6.15. The highest BCUT2D eigenvalue weighted by molar-refractivity contribution is 5.29. The number of fused-ring (bicyclic) bond motifs is 2. The highest BCUT2D eigenvalue weighted by Crippen LogP contribution is 2.47. The first-order valence-corrected chi connectivity index (χ1v) is 7.05. The van der Waals surface area contributed by atoms with E-state index in [0.29, 0.717) is 6.04 Å². The Labute approximate surface area is 98.9 Å². The summed E-state index contributed by atoms with van der Waals surface area (Å²) < 4.78 is 0. The van der Waals surface area contributed by atoms with Gasteiger partial charge in [0.15, 0.2) is 0 Å². The molecule has 3 unspecified atom stereocenters. The van der Waals surface area contributed by atoms with Crippen LogP contribution in [-0.4, -0.2) is 23.5 Å². The number of rotatable bonds is 1. The van der Waals surface area contributed by atoms with Gasteiger partial charge in [-0.1, -0.05) is 12.8 Å². The van der Waals surface area contributed by atoms with E-state index in [1.807, 2.05) is 0 Å². The van der Waals surface area contributed by atoms with Crippen LogP contribution in [0, 0.1) is 5.92 Å². The van der Waals surface area contributed by atoms with Crippen LogP contribution in [0.3, 0.4) is 0 Å². The van der Waals surface area contributed by atoms with Crippen LogP contribution in [-0.2, 0) is 0 Å². The van der Waals surface area contributed by atoms with Crippen molar-refractivity contribution in [3.05, 3.63) is 11.3 Å². The van der Waals surface area contributed by atoms with Gasteiger partial charge in [0.1, 0.15) is 0 Å². The van der Waals surface area contributed by atoms with Crippen molar-refractivity contribution in [1.82, 2.24) is 4.90 Å². The lowest BCUT2D eigenvalue weighted by atomic mass is 9.78. The third-order valence-electron chi connectivity index (χ3n) is 4.87. The molecule has 0 aromatic carbocycles. The molecule has 0 spiro atoms. The van der Waals surface area contributed by atoms with E-state index in [1.165, 1.54) is 51.5 Å². The van der Waals surface area contributed by atoms with E-state index in [1.54, 1.807) is 11.3 Å². The van der Waals surface area contributed by atoms with Gasteiger partial charge < -0.3 is 10.6 Å². The molecule has 2 heteroatoms. The third kappa shape index (κ3) is 1.50. The van der Waals surface area contributed by atoms with E-state index in [2.05, 4.69) is 11.8 Å². The molecule has 1 fully saturated rings. The zero-order chi connectivity index (χ0) is 11.1. The Morgan fingerprint density at radius 3 is 2.88 bits per heavy atom. The lowest BCUT2D eigenvalue weighted by molar-refractivity contribution is 0.193. The molecule has 0 aromatic heterocycles. The SMILES string of the molecule is CCN1C2=C(CC(N)CC2)C2CCCCC21. The molecule has 1 aliphatic heterocycles. The van der Waals surface area contributed by atoms with Gasteiger partial charge in [0.25, 0.3) is 0 Å². The van der Waals surface area contributed by atoms with Crippen LogP contribution < -0.4 is 5.73 Å². The van der Waals surface area contributed by atoms with Gasteiger partial charge in [0, 0.05) is 30.2 Å².